The predicted molar refractivity (Wildman–Crippen MR) is 292 cm³/mol. The molecule has 2 saturated heterocycles. The summed E-state index contributed by atoms with van der Waals surface area (Å²) in [7, 11) is -1.35. The number of rotatable bonds is 20. The van der Waals surface area contributed by atoms with Crippen LogP contribution in [0.2, 0.25) is 0 Å². The summed E-state index contributed by atoms with van der Waals surface area (Å²) in [5, 5.41) is 18.5. The Bertz CT molecular complexity index is 3080. The van der Waals surface area contributed by atoms with E-state index in [4.69, 9.17) is 14.5 Å². The maximum absolute atomic E-state index is 11.7. The average molecular weight is 1010 g/mol. The van der Waals surface area contributed by atoms with Gasteiger partial charge >= 0.3 is 0 Å². The lowest BCUT2D eigenvalue weighted by molar-refractivity contribution is -0.112. The van der Waals surface area contributed by atoms with Crippen LogP contribution < -0.4 is 46.3 Å². The first-order valence-electron chi connectivity index (χ1n) is 23.6. The van der Waals surface area contributed by atoms with Gasteiger partial charge in [0.1, 0.15) is 33.0 Å². The molecule has 0 saturated carbocycles. The molecule has 6 N–H and O–H groups in total. The summed E-state index contributed by atoms with van der Waals surface area (Å²) in [6.45, 7) is 21.5. The molecule has 8 rings (SSSR count). The molecule has 2 atom stereocenters. The van der Waals surface area contributed by atoms with Crippen LogP contribution in [0.25, 0.3) is 0 Å². The smallest absolute Gasteiger partial charge is 0.247 e. The fraction of sp³-hybridized carbons (Fsp3) is 0.259. The molecule has 2 aromatic heterocycles. The minimum atomic E-state index is -3.03. The monoisotopic (exact) mass is 1010 g/mol. The fourth-order valence-electron chi connectivity index (χ4n) is 8.20. The van der Waals surface area contributed by atoms with Crippen molar-refractivity contribution in [2.24, 2.45) is 11.8 Å². The van der Waals surface area contributed by atoms with Gasteiger partial charge in [0.05, 0.1) is 30.8 Å². The van der Waals surface area contributed by atoms with E-state index in [0.29, 0.717) is 64.6 Å². The second-order valence-electron chi connectivity index (χ2n) is 17.8. The second kappa shape index (κ2) is 24.1. The molecule has 2 aliphatic heterocycles. The van der Waals surface area contributed by atoms with Crippen molar-refractivity contribution in [3.63, 3.8) is 0 Å². The van der Waals surface area contributed by atoms with Gasteiger partial charge < -0.3 is 51.2 Å². The fourth-order valence-corrected chi connectivity index (χ4v) is 8.84. The number of para-hydroxylation sites is 2. The minimum Gasteiger partial charge on any atom is -0.494 e. The zero-order valence-corrected chi connectivity index (χ0v) is 42.6. The van der Waals surface area contributed by atoms with Crippen molar-refractivity contribution in [1.29, 1.82) is 0 Å². The number of hydrogen-bond acceptors (Lipinski definition) is 16. The number of hydrogen-bond donors (Lipinski definition) is 6. The minimum absolute atomic E-state index is 0.0666. The van der Waals surface area contributed by atoms with Crippen molar-refractivity contribution < 1.29 is 27.5 Å². The molecule has 4 aromatic carbocycles. The SMILES string of the molecule is C=CC(=O)Nc1cccc(Nc2nc(Nc3ccc(N4C[C@H]5CN(C(=C)C)C[C@H]5C4)cc3OC)ncc2C)c1.C=CC(=O)Nc1cccc(Nc2nc(Nc3ccccc3OCCCS(C)(=O)=O)ncc2C)c1. The van der Waals surface area contributed by atoms with Gasteiger partial charge in [0.15, 0.2) is 0 Å². The molecule has 0 radical (unpaired) electrons. The predicted octanol–water partition coefficient (Wildman–Crippen LogP) is 9.52. The number of aromatic nitrogens is 4. The van der Waals surface area contributed by atoms with Crippen LogP contribution in [0.15, 0.2) is 141 Å². The van der Waals surface area contributed by atoms with Crippen molar-refractivity contribution in [2.75, 3.05) is 88.7 Å². The molecule has 380 valence electrons. The Hall–Kier alpha value is -8.45. The van der Waals surface area contributed by atoms with Gasteiger partial charge in [-0.1, -0.05) is 44.0 Å². The zero-order chi connectivity index (χ0) is 52.1. The van der Waals surface area contributed by atoms with E-state index in [-0.39, 0.29) is 24.2 Å². The molecule has 2 aliphatic rings. The first-order chi connectivity index (χ1) is 35.1. The topological polar surface area (TPSA) is 217 Å². The molecule has 19 heteroatoms. The highest BCUT2D eigenvalue weighted by Crippen LogP contribution is 2.38. The molecule has 0 unspecified atom stereocenters. The van der Waals surface area contributed by atoms with Crippen LogP contribution in [0.4, 0.5) is 63.3 Å². The summed E-state index contributed by atoms with van der Waals surface area (Å²) in [5.74, 6) is 4.19. The van der Waals surface area contributed by atoms with Crippen LogP contribution in [-0.4, -0.2) is 97.0 Å². The molecule has 0 aliphatic carbocycles. The van der Waals surface area contributed by atoms with Gasteiger partial charge in [-0.3, -0.25) is 9.59 Å². The normalized spacial score (nSPS) is 14.6. The van der Waals surface area contributed by atoms with E-state index < -0.39 is 9.84 Å². The maximum atomic E-state index is 11.7. The van der Waals surface area contributed by atoms with Gasteiger partial charge in [-0.15, -0.1) is 0 Å². The lowest BCUT2D eigenvalue weighted by Crippen LogP contribution is -2.27. The number of methoxy groups -OCH3 is 1. The number of aryl methyl sites for hydroxylation is 2. The van der Waals surface area contributed by atoms with E-state index in [0.717, 1.165) is 71.5 Å². The molecule has 0 bridgehead atoms. The third-order valence-electron chi connectivity index (χ3n) is 12.0. The molecule has 2 amide bonds. The molecular formula is C54H62N12O6S. The van der Waals surface area contributed by atoms with Gasteiger partial charge in [0.25, 0.3) is 0 Å². The van der Waals surface area contributed by atoms with Gasteiger partial charge in [0, 0.05) is 108 Å². The standard InChI is InChI=1S/C30H35N7O2.C24H27N5O4S/c1-6-28(38)32-23-8-7-9-24(12-23)33-29-20(4)14-31-30(35-29)34-26-11-10-25(13-27(26)39-5)37-17-21-15-36(19(2)3)16-22(21)18-37;1-4-22(30)26-18-9-7-10-19(15-18)27-23-17(2)16-25-24(29-23)28-20-11-5-6-12-21(20)33-13-8-14-34(3,31)32/h6-14,21-22H,1-2,15-18H2,3-5H3,(H,32,38)(H2,31,33,34,35);4-7,9-12,15-16H,1,8,13-14H2,2-3H3,(H,26,30)(H2,25,27,28,29)/t21-,22+;. The molecule has 18 nitrogen and oxygen atoms in total. The molecule has 2 fully saturated rings. The third-order valence-corrected chi connectivity index (χ3v) is 13.0. The van der Waals surface area contributed by atoms with Crippen LogP contribution in [0.5, 0.6) is 11.5 Å². The molecular weight excluding hydrogens is 945 g/mol. The highest BCUT2D eigenvalue weighted by atomic mass is 32.2. The third kappa shape index (κ3) is 14.8. The Balaban J connectivity index is 0.000000216. The Labute approximate surface area is 427 Å². The van der Waals surface area contributed by atoms with E-state index in [2.05, 4.69) is 95.4 Å². The number of benzene rings is 4. The lowest BCUT2D eigenvalue weighted by Gasteiger charge is -2.25. The van der Waals surface area contributed by atoms with Crippen molar-refractivity contribution in [1.82, 2.24) is 24.8 Å². The Morgan fingerprint density at radius 3 is 1.73 bits per heavy atom. The first kappa shape index (κ1) is 52.4. The van der Waals surface area contributed by atoms with Gasteiger partial charge in [-0.05, 0) is 100 Å². The number of amides is 2. The van der Waals surface area contributed by atoms with Crippen molar-refractivity contribution in [3.8, 4) is 11.5 Å². The summed E-state index contributed by atoms with van der Waals surface area (Å²) < 4.78 is 34.1. The largest absolute Gasteiger partial charge is 0.494 e. The van der Waals surface area contributed by atoms with Gasteiger partial charge in [-0.2, -0.15) is 9.97 Å². The molecule has 4 heterocycles. The summed E-state index contributed by atoms with van der Waals surface area (Å²) >= 11 is 0. The van der Waals surface area contributed by atoms with E-state index in [1.807, 2.05) is 74.5 Å². The van der Waals surface area contributed by atoms with Crippen LogP contribution >= 0.6 is 0 Å². The molecule has 0 spiro atoms. The quantitative estimate of drug-likeness (QED) is 0.0310. The van der Waals surface area contributed by atoms with Crippen molar-refractivity contribution in [3.05, 3.63) is 152 Å². The number of ether oxygens (including phenoxy) is 2. The number of carbonyl (C=O) groups excluding carboxylic acids is 2. The number of anilines is 11. The van der Waals surface area contributed by atoms with Gasteiger partial charge in [-0.25, -0.2) is 18.4 Å². The van der Waals surface area contributed by atoms with Crippen LogP contribution in [0, 0.1) is 25.7 Å². The zero-order valence-electron chi connectivity index (χ0n) is 41.7. The van der Waals surface area contributed by atoms with Crippen molar-refractivity contribution >= 4 is 85.0 Å². The van der Waals surface area contributed by atoms with Crippen molar-refractivity contribution in [2.45, 2.75) is 27.2 Å². The summed E-state index contributed by atoms with van der Waals surface area (Å²) in [6, 6.07) is 28.2. The van der Waals surface area contributed by atoms with E-state index in [1.54, 1.807) is 37.7 Å². The Kier molecular flexibility index (Phi) is 17.3. The number of nitrogens with zero attached hydrogens (tertiary/aromatic N) is 6. The number of nitrogens with one attached hydrogen (secondary N) is 6. The Morgan fingerprint density at radius 2 is 1.22 bits per heavy atom. The highest BCUT2D eigenvalue weighted by Gasteiger charge is 2.40. The summed E-state index contributed by atoms with van der Waals surface area (Å²) in [5.41, 5.74) is 8.29. The molecule has 6 aromatic rings. The van der Waals surface area contributed by atoms with E-state index in [1.165, 1.54) is 18.4 Å². The van der Waals surface area contributed by atoms with E-state index >= 15 is 0 Å². The summed E-state index contributed by atoms with van der Waals surface area (Å²) in [6.07, 6.45) is 7.50. The average Bonchev–Trinajstić information content (AvgIpc) is 3.97. The number of fused-ring (bicyclic) bond motifs is 1. The van der Waals surface area contributed by atoms with Crippen LogP contribution in [0.3, 0.4) is 0 Å². The number of allylic oxidation sites excluding steroid dienone is 1. The lowest BCUT2D eigenvalue weighted by atomic mass is 10.0. The number of likely N-dealkylation sites (tertiary alicyclic amines) is 1. The van der Waals surface area contributed by atoms with E-state index in [9.17, 15) is 18.0 Å². The van der Waals surface area contributed by atoms with Crippen LogP contribution in [-0.2, 0) is 19.4 Å². The highest BCUT2D eigenvalue weighted by molar-refractivity contribution is 7.90. The van der Waals surface area contributed by atoms with Gasteiger partial charge in [0.2, 0.25) is 23.7 Å². The molecule has 73 heavy (non-hydrogen) atoms. The second-order valence-corrected chi connectivity index (χ2v) is 20.0. The first-order valence-corrected chi connectivity index (χ1v) is 25.7. The number of sulfone groups is 1. The summed E-state index contributed by atoms with van der Waals surface area (Å²) in [4.78, 5) is 46.2. The number of carbonyl (C=O) groups is 2. The Morgan fingerprint density at radius 1 is 0.699 bits per heavy atom. The maximum Gasteiger partial charge on any atom is 0.247 e. The van der Waals surface area contributed by atoms with Crippen LogP contribution in [0.1, 0.15) is 24.5 Å².